The summed E-state index contributed by atoms with van der Waals surface area (Å²) in [4.78, 5) is 2.57. The molecule has 1 saturated carbocycles. The van der Waals surface area contributed by atoms with E-state index in [2.05, 4.69) is 11.8 Å². The summed E-state index contributed by atoms with van der Waals surface area (Å²) in [5.74, 6) is 1.87. The molecule has 0 amide bonds. The van der Waals surface area contributed by atoms with Crippen molar-refractivity contribution in [2.75, 3.05) is 19.6 Å². The van der Waals surface area contributed by atoms with Gasteiger partial charge >= 0.3 is 0 Å². The van der Waals surface area contributed by atoms with Crippen LogP contribution in [0.3, 0.4) is 0 Å². The average Bonchev–Trinajstić information content (AvgIpc) is 2.81. The minimum absolute atomic E-state index is 0.433. The standard InChI is InChI=1S/C11H22N2/c1-9-6-11(12)8-13(7-9)5-4-10-2-3-10/h9-11H,2-8,12H2,1H3. The number of piperidine rings is 1. The van der Waals surface area contributed by atoms with Gasteiger partial charge in [-0.15, -0.1) is 0 Å². The molecule has 1 saturated heterocycles. The van der Waals surface area contributed by atoms with Crippen molar-refractivity contribution in [3.63, 3.8) is 0 Å². The molecule has 0 bridgehead atoms. The second kappa shape index (κ2) is 3.97. The van der Waals surface area contributed by atoms with Crippen LogP contribution in [-0.4, -0.2) is 30.6 Å². The number of hydrogen-bond acceptors (Lipinski definition) is 2. The van der Waals surface area contributed by atoms with Gasteiger partial charge in [0.25, 0.3) is 0 Å². The van der Waals surface area contributed by atoms with Crippen LogP contribution in [-0.2, 0) is 0 Å². The van der Waals surface area contributed by atoms with Crippen LogP contribution in [0, 0.1) is 11.8 Å². The molecule has 2 rings (SSSR count). The molecule has 2 nitrogen and oxygen atoms in total. The van der Waals surface area contributed by atoms with Crippen molar-refractivity contribution in [1.82, 2.24) is 4.90 Å². The van der Waals surface area contributed by atoms with Gasteiger partial charge in [-0.1, -0.05) is 19.8 Å². The molecule has 76 valence electrons. The monoisotopic (exact) mass is 182 g/mol. The van der Waals surface area contributed by atoms with E-state index >= 15 is 0 Å². The predicted octanol–water partition coefficient (Wildman–Crippen LogP) is 1.46. The quantitative estimate of drug-likeness (QED) is 0.716. The second-order valence-electron chi connectivity index (χ2n) is 5.09. The van der Waals surface area contributed by atoms with Gasteiger partial charge < -0.3 is 10.6 Å². The molecule has 0 aromatic carbocycles. The van der Waals surface area contributed by atoms with Crippen LogP contribution in [0.1, 0.15) is 32.6 Å². The van der Waals surface area contributed by atoms with E-state index in [1.165, 1.54) is 38.8 Å². The lowest BCUT2D eigenvalue weighted by molar-refractivity contribution is 0.161. The SMILES string of the molecule is CC1CC(N)CN(CCC2CC2)C1. The number of nitrogens with zero attached hydrogens (tertiary/aromatic N) is 1. The van der Waals surface area contributed by atoms with Crippen LogP contribution in [0.25, 0.3) is 0 Å². The van der Waals surface area contributed by atoms with Gasteiger partial charge in [0.2, 0.25) is 0 Å². The maximum atomic E-state index is 6.00. The van der Waals surface area contributed by atoms with E-state index in [9.17, 15) is 0 Å². The lowest BCUT2D eigenvalue weighted by Crippen LogP contribution is -2.46. The molecule has 0 radical (unpaired) electrons. The number of nitrogens with two attached hydrogens (primary N) is 1. The summed E-state index contributed by atoms with van der Waals surface area (Å²) >= 11 is 0. The predicted molar refractivity (Wildman–Crippen MR) is 55.5 cm³/mol. The minimum Gasteiger partial charge on any atom is -0.327 e. The van der Waals surface area contributed by atoms with E-state index in [4.69, 9.17) is 5.73 Å². The van der Waals surface area contributed by atoms with E-state index in [1.54, 1.807) is 0 Å². The van der Waals surface area contributed by atoms with Gasteiger partial charge in [0, 0.05) is 19.1 Å². The first kappa shape index (κ1) is 9.47. The van der Waals surface area contributed by atoms with Crippen LogP contribution >= 0.6 is 0 Å². The van der Waals surface area contributed by atoms with Crippen LogP contribution < -0.4 is 5.73 Å². The first-order valence-corrected chi connectivity index (χ1v) is 5.72. The van der Waals surface area contributed by atoms with Crippen molar-refractivity contribution in [2.24, 2.45) is 17.6 Å². The minimum atomic E-state index is 0.433. The molecule has 0 aromatic rings. The Kier molecular flexibility index (Phi) is 2.89. The van der Waals surface area contributed by atoms with Crippen molar-refractivity contribution in [3.05, 3.63) is 0 Å². The third-order valence-corrected chi connectivity index (χ3v) is 3.32. The third-order valence-electron chi connectivity index (χ3n) is 3.32. The number of rotatable bonds is 3. The second-order valence-corrected chi connectivity index (χ2v) is 5.09. The Bertz CT molecular complexity index is 155. The van der Waals surface area contributed by atoms with Crippen LogP contribution in [0.2, 0.25) is 0 Å². The fourth-order valence-electron chi connectivity index (χ4n) is 2.47. The fraction of sp³-hybridized carbons (Fsp3) is 1.00. The molecule has 2 fully saturated rings. The van der Waals surface area contributed by atoms with Gasteiger partial charge in [0.05, 0.1) is 0 Å². The summed E-state index contributed by atoms with van der Waals surface area (Å²) < 4.78 is 0. The average molecular weight is 182 g/mol. The summed E-state index contributed by atoms with van der Waals surface area (Å²) in [5.41, 5.74) is 6.00. The normalized spacial score (nSPS) is 36.5. The van der Waals surface area contributed by atoms with Crippen molar-refractivity contribution in [1.29, 1.82) is 0 Å². The highest BCUT2D eigenvalue weighted by Crippen LogP contribution is 2.32. The highest BCUT2D eigenvalue weighted by atomic mass is 15.1. The summed E-state index contributed by atoms with van der Waals surface area (Å²) in [6, 6.07) is 0.433. The Labute approximate surface area is 81.5 Å². The Morgan fingerprint density at radius 1 is 1.31 bits per heavy atom. The van der Waals surface area contributed by atoms with E-state index in [0.717, 1.165) is 18.4 Å². The van der Waals surface area contributed by atoms with Gasteiger partial charge in [-0.3, -0.25) is 0 Å². The lowest BCUT2D eigenvalue weighted by atomic mass is 9.96. The maximum absolute atomic E-state index is 6.00. The third kappa shape index (κ3) is 2.96. The Morgan fingerprint density at radius 2 is 2.08 bits per heavy atom. The molecule has 2 N–H and O–H groups in total. The number of likely N-dealkylation sites (tertiary alicyclic amines) is 1. The summed E-state index contributed by atoms with van der Waals surface area (Å²) in [6.45, 7) is 6.03. The fourth-order valence-corrected chi connectivity index (χ4v) is 2.47. The molecular formula is C11H22N2. The molecule has 0 spiro atoms. The Balaban J connectivity index is 1.70. The molecular weight excluding hydrogens is 160 g/mol. The lowest BCUT2D eigenvalue weighted by Gasteiger charge is -2.34. The van der Waals surface area contributed by atoms with E-state index in [1.807, 2.05) is 0 Å². The van der Waals surface area contributed by atoms with Gasteiger partial charge in [-0.2, -0.15) is 0 Å². The van der Waals surface area contributed by atoms with Crippen molar-refractivity contribution < 1.29 is 0 Å². The molecule has 2 heteroatoms. The van der Waals surface area contributed by atoms with Crippen LogP contribution in [0.4, 0.5) is 0 Å². The Hall–Kier alpha value is -0.0800. The summed E-state index contributed by atoms with van der Waals surface area (Å²) in [7, 11) is 0. The molecule has 2 atom stereocenters. The Morgan fingerprint density at radius 3 is 2.69 bits per heavy atom. The van der Waals surface area contributed by atoms with Gasteiger partial charge in [0.15, 0.2) is 0 Å². The topological polar surface area (TPSA) is 29.3 Å². The van der Waals surface area contributed by atoms with E-state index in [-0.39, 0.29) is 0 Å². The molecule has 13 heavy (non-hydrogen) atoms. The molecule has 1 heterocycles. The van der Waals surface area contributed by atoms with Crippen molar-refractivity contribution in [3.8, 4) is 0 Å². The zero-order chi connectivity index (χ0) is 9.26. The largest absolute Gasteiger partial charge is 0.327 e. The molecule has 2 aliphatic rings. The van der Waals surface area contributed by atoms with Crippen molar-refractivity contribution >= 4 is 0 Å². The highest BCUT2D eigenvalue weighted by molar-refractivity contribution is 4.81. The summed E-state index contributed by atoms with van der Waals surface area (Å²) in [5, 5.41) is 0. The summed E-state index contributed by atoms with van der Waals surface area (Å²) in [6.07, 6.45) is 5.60. The highest BCUT2D eigenvalue weighted by Gasteiger charge is 2.25. The molecule has 0 aromatic heterocycles. The number of hydrogen-bond donors (Lipinski definition) is 1. The first-order valence-electron chi connectivity index (χ1n) is 5.72. The maximum Gasteiger partial charge on any atom is 0.0170 e. The van der Waals surface area contributed by atoms with Crippen LogP contribution in [0.15, 0.2) is 0 Å². The van der Waals surface area contributed by atoms with E-state index in [0.29, 0.717) is 6.04 Å². The molecule has 1 aliphatic heterocycles. The van der Waals surface area contributed by atoms with E-state index < -0.39 is 0 Å². The molecule has 1 aliphatic carbocycles. The first-order chi connectivity index (χ1) is 6.24. The zero-order valence-electron chi connectivity index (χ0n) is 8.71. The molecule has 2 unspecified atom stereocenters. The van der Waals surface area contributed by atoms with Crippen LogP contribution in [0.5, 0.6) is 0 Å². The van der Waals surface area contributed by atoms with Gasteiger partial charge in [-0.05, 0) is 31.2 Å². The van der Waals surface area contributed by atoms with Gasteiger partial charge in [-0.25, -0.2) is 0 Å². The smallest absolute Gasteiger partial charge is 0.0170 e. The van der Waals surface area contributed by atoms with Gasteiger partial charge in [0.1, 0.15) is 0 Å². The van der Waals surface area contributed by atoms with Crippen molar-refractivity contribution in [2.45, 2.75) is 38.6 Å². The zero-order valence-corrected chi connectivity index (χ0v) is 8.71.